The third-order valence-electron chi connectivity index (χ3n) is 1.89. The number of thiazole rings is 1. The summed E-state index contributed by atoms with van der Waals surface area (Å²) in [6.07, 6.45) is -4.61. The van der Waals surface area contributed by atoms with Crippen molar-refractivity contribution < 1.29 is 17.7 Å². The maximum Gasteiger partial charge on any atom is 0.455 e. The van der Waals surface area contributed by atoms with E-state index in [-0.39, 0.29) is 12.4 Å². The topological polar surface area (TPSA) is 77.8 Å². The summed E-state index contributed by atoms with van der Waals surface area (Å²) in [5.74, 6) is -1.48. The predicted octanol–water partition coefficient (Wildman–Crippen LogP) is 1.98. The molecule has 0 aliphatic carbocycles. The fourth-order valence-corrected chi connectivity index (χ4v) is 2.03. The second-order valence-electron chi connectivity index (χ2n) is 3.15. The second-order valence-corrected chi connectivity index (χ2v) is 4.23. The molecule has 0 saturated heterocycles. The van der Waals surface area contributed by atoms with E-state index in [0.717, 1.165) is 11.3 Å². The molecule has 0 aliphatic rings. The Labute approximate surface area is 97.5 Å². The first-order valence-electron chi connectivity index (χ1n) is 4.49. The lowest BCUT2D eigenvalue weighted by Gasteiger charge is -1.95. The first-order chi connectivity index (χ1) is 7.91. The largest absolute Gasteiger partial charge is 0.455 e. The van der Waals surface area contributed by atoms with E-state index in [4.69, 9.17) is 5.73 Å². The summed E-state index contributed by atoms with van der Waals surface area (Å²) in [6, 6.07) is 0. The summed E-state index contributed by atoms with van der Waals surface area (Å²) in [6.45, 7) is 1.86. The van der Waals surface area contributed by atoms with Crippen LogP contribution in [0.2, 0.25) is 0 Å². The molecule has 2 N–H and O–H groups in total. The molecule has 17 heavy (non-hydrogen) atoms. The van der Waals surface area contributed by atoms with Crippen molar-refractivity contribution in [2.45, 2.75) is 19.6 Å². The molecule has 0 radical (unpaired) electrons. The van der Waals surface area contributed by atoms with Gasteiger partial charge in [0.1, 0.15) is 9.88 Å². The Hall–Kier alpha value is -1.48. The second kappa shape index (κ2) is 4.08. The number of nitrogens with zero attached hydrogens (tertiary/aromatic N) is 3. The van der Waals surface area contributed by atoms with Crippen molar-refractivity contribution in [3.8, 4) is 10.8 Å². The van der Waals surface area contributed by atoms with Crippen molar-refractivity contribution in [3.05, 3.63) is 16.5 Å². The van der Waals surface area contributed by atoms with Crippen LogP contribution in [0.15, 0.2) is 4.52 Å². The standard InChI is InChI=1S/C8H7F3N4OS/c1-3-5(17-4(2-12)13-3)6-14-7(15-16-6)8(9,10)11/h2,12H2,1H3. The summed E-state index contributed by atoms with van der Waals surface area (Å²) in [5, 5.41) is 3.48. The molecule has 0 unspecified atom stereocenters. The van der Waals surface area contributed by atoms with Crippen molar-refractivity contribution in [2.24, 2.45) is 5.73 Å². The lowest BCUT2D eigenvalue weighted by atomic mass is 10.4. The van der Waals surface area contributed by atoms with Crippen molar-refractivity contribution in [1.29, 1.82) is 0 Å². The zero-order chi connectivity index (χ0) is 12.6. The molecular formula is C8H7F3N4OS. The van der Waals surface area contributed by atoms with E-state index >= 15 is 0 Å². The molecule has 2 aromatic rings. The molecule has 0 bridgehead atoms. The molecule has 5 nitrogen and oxygen atoms in total. The molecule has 9 heteroatoms. The number of halogens is 3. The molecule has 0 aliphatic heterocycles. The van der Waals surface area contributed by atoms with Crippen LogP contribution in [0.1, 0.15) is 16.5 Å². The predicted molar refractivity (Wildman–Crippen MR) is 53.0 cm³/mol. The number of aryl methyl sites for hydroxylation is 1. The Kier molecular flexibility index (Phi) is 2.87. The third-order valence-corrected chi connectivity index (χ3v) is 3.06. The lowest BCUT2D eigenvalue weighted by molar-refractivity contribution is -0.146. The molecular weight excluding hydrogens is 257 g/mol. The summed E-state index contributed by atoms with van der Waals surface area (Å²) in [4.78, 5) is 7.76. The van der Waals surface area contributed by atoms with Crippen LogP contribution in [-0.4, -0.2) is 15.1 Å². The van der Waals surface area contributed by atoms with Gasteiger partial charge in [0.05, 0.1) is 5.69 Å². The smallest absolute Gasteiger partial charge is 0.333 e. The van der Waals surface area contributed by atoms with E-state index in [1.54, 1.807) is 6.92 Å². The van der Waals surface area contributed by atoms with Gasteiger partial charge in [-0.3, -0.25) is 0 Å². The van der Waals surface area contributed by atoms with E-state index in [1.165, 1.54) is 0 Å². The quantitative estimate of drug-likeness (QED) is 0.897. The number of aromatic nitrogens is 3. The van der Waals surface area contributed by atoms with E-state index in [9.17, 15) is 13.2 Å². The average Bonchev–Trinajstić information content (AvgIpc) is 2.82. The minimum atomic E-state index is -4.61. The van der Waals surface area contributed by atoms with Gasteiger partial charge in [-0.25, -0.2) is 4.98 Å². The highest BCUT2D eigenvalue weighted by molar-refractivity contribution is 7.15. The monoisotopic (exact) mass is 264 g/mol. The Balaban J connectivity index is 2.40. The first-order valence-corrected chi connectivity index (χ1v) is 5.31. The van der Waals surface area contributed by atoms with Gasteiger partial charge in [0.25, 0.3) is 11.7 Å². The van der Waals surface area contributed by atoms with E-state index in [0.29, 0.717) is 15.6 Å². The molecule has 2 rings (SSSR count). The van der Waals surface area contributed by atoms with Gasteiger partial charge in [0, 0.05) is 6.54 Å². The molecule has 92 valence electrons. The van der Waals surface area contributed by atoms with Gasteiger partial charge in [-0.15, -0.1) is 11.3 Å². The van der Waals surface area contributed by atoms with Gasteiger partial charge in [-0.1, -0.05) is 5.16 Å². The SMILES string of the molecule is Cc1nc(CN)sc1-c1nc(C(F)(F)F)no1. The molecule has 0 saturated carbocycles. The fraction of sp³-hybridized carbons (Fsp3) is 0.375. The Morgan fingerprint density at radius 3 is 2.53 bits per heavy atom. The van der Waals surface area contributed by atoms with Crippen LogP contribution in [0.4, 0.5) is 13.2 Å². The molecule has 2 aromatic heterocycles. The summed E-state index contributed by atoms with van der Waals surface area (Å²) in [7, 11) is 0. The minimum absolute atomic E-state index is 0.188. The molecule has 0 amide bonds. The van der Waals surface area contributed by atoms with Crippen molar-refractivity contribution in [1.82, 2.24) is 15.1 Å². The number of hydrogen-bond donors (Lipinski definition) is 1. The number of rotatable bonds is 2. The number of hydrogen-bond acceptors (Lipinski definition) is 6. The van der Waals surface area contributed by atoms with E-state index in [1.807, 2.05) is 0 Å². The summed E-state index contributed by atoms with van der Waals surface area (Å²) >= 11 is 1.14. The molecule has 0 spiro atoms. The molecule has 2 heterocycles. The van der Waals surface area contributed by atoms with Crippen LogP contribution in [0.3, 0.4) is 0 Å². The normalized spacial score (nSPS) is 12.1. The fourth-order valence-electron chi connectivity index (χ4n) is 1.17. The van der Waals surface area contributed by atoms with Crippen LogP contribution < -0.4 is 5.73 Å². The van der Waals surface area contributed by atoms with Crippen LogP contribution >= 0.6 is 11.3 Å². The molecule has 0 atom stereocenters. The number of nitrogens with two attached hydrogens (primary N) is 1. The van der Waals surface area contributed by atoms with Crippen LogP contribution in [0, 0.1) is 6.92 Å². The van der Waals surface area contributed by atoms with Gasteiger partial charge in [0.2, 0.25) is 0 Å². The van der Waals surface area contributed by atoms with Crippen molar-refractivity contribution >= 4 is 11.3 Å². The molecule has 0 fully saturated rings. The van der Waals surface area contributed by atoms with E-state index in [2.05, 4.69) is 19.6 Å². The summed E-state index contributed by atoms with van der Waals surface area (Å²) < 4.78 is 41.4. The Morgan fingerprint density at radius 1 is 1.35 bits per heavy atom. The van der Waals surface area contributed by atoms with Gasteiger partial charge in [-0.2, -0.15) is 18.2 Å². The highest BCUT2D eigenvalue weighted by Crippen LogP contribution is 2.32. The van der Waals surface area contributed by atoms with Gasteiger partial charge < -0.3 is 10.3 Å². The highest BCUT2D eigenvalue weighted by atomic mass is 32.1. The van der Waals surface area contributed by atoms with Crippen LogP contribution in [0.5, 0.6) is 0 Å². The average molecular weight is 264 g/mol. The van der Waals surface area contributed by atoms with Crippen LogP contribution in [-0.2, 0) is 12.7 Å². The van der Waals surface area contributed by atoms with Crippen LogP contribution in [0.25, 0.3) is 10.8 Å². The minimum Gasteiger partial charge on any atom is -0.333 e. The first kappa shape index (κ1) is 12.0. The van der Waals surface area contributed by atoms with Crippen molar-refractivity contribution in [2.75, 3.05) is 0 Å². The number of alkyl halides is 3. The Morgan fingerprint density at radius 2 is 2.06 bits per heavy atom. The maximum atomic E-state index is 12.3. The van der Waals surface area contributed by atoms with E-state index < -0.39 is 12.0 Å². The zero-order valence-electron chi connectivity index (χ0n) is 8.58. The Bertz CT molecular complexity index is 533. The maximum absolute atomic E-state index is 12.3. The highest BCUT2D eigenvalue weighted by Gasteiger charge is 2.37. The summed E-state index contributed by atoms with van der Waals surface area (Å²) in [5.41, 5.74) is 5.91. The van der Waals surface area contributed by atoms with Crippen molar-refractivity contribution in [3.63, 3.8) is 0 Å². The van der Waals surface area contributed by atoms with Gasteiger partial charge in [-0.05, 0) is 6.92 Å². The zero-order valence-corrected chi connectivity index (χ0v) is 9.39. The lowest BCUT2D eigenvalue weighted by Crippen LogP contribution is -2.07. The van der Waals surface area contributed by atoms with Gasteiger partial charge in [0.15, 0.2) is 0 Å². The van der Waals surface area contributed by atoms with Gasteiger partial charge >= 0.3 is 6.18 Å². The molecule has 0 aromatic carbocycles. The third kappa shape index (κ3) is 2.29.